The molecule has 0 saturated carbocycles. The maximum atomic E-state index is 13.5. The van der Waals surface area contributed by atoms with Crippen LogP contribution >= 0.6 is 11.6 Å². The largest absolute Gasteiger partial charge is 0.503 e. The minimum absolute atomic E-state index is 0.0175. The Morgan fingerprint density at radius 2 is 2.16 bits per heavy atom. The third-order valence-electron chi connectivity index (χ3n) is 5.29. The predicted octanol–water partition coefficient (Wildman–Crippen LogP) is 4.87. The third kappa shape index (κ3) is 3.65. The van der Waals surface area contributed by atoms with Crippen molar-refractivity contribution in [2.24, 2.45) is 0 Å². The SMILES string of the molecule is CCCCN1C(=O)C(O)=C(C(=O)c2cc3cc(Cl)cc(OC)c3o2)C1c1cccnc1. The van der Waals surface area contributed by atoms with E-state index in [4.69, 9.17) is 20.8 Å². The number of carbonyl (C=O) groups excluding carboxylic acids is 2. The van der Waals surface area contributed by atoms with E-state index in [-0.39, 0.29) is 11.3 Å². The van der Waals surface area contributed by atoms with Gasteiger partial charge in [-0.3, -0.25) is 14.6 Å². The quantitative estimate of drug-likeness (QED) is 0.527. The van der Waals surface area contributed by atoms with Gasteiger partial charge in [-0.2, -0.15) is 0 Å². The summed E-state index contributed by atoms with van der Waals surface area (Å²) >= 11 is 6.12. The number of nitrogens with zero attached hydrogens (tertiary/aromatic N) is 2. The lowest BCUT2D eigenvalue weighted by Crippen LogP contribution is -2.32. The average Bonchev–Trinajstić information content (AvgIpc) is 3.31. The van der Waals surface area contributed by atoms with Gasteiger partial charge in [-0.25, -0.2) is 0 Å². The van der Waals surface area contributed by atoms with Crippen LogP contribution in [0.4, 0.5) is 0 Å². The number of hydrogen-bond acceptors (Lipinski definition) is 6. The fourth-order valence-electron chi connectivity index (χ4n) is 3.81. The third-order valence-corrected chi connectivity index (χ3v) is 5.51. The van der Waals surface area contributed by atoms with Crippen molar-refractivity contribution in [1.82, 2.24) is 9.88 Å². The number of aromatic nitrogens is 1. The minimum atomic E-state index is -0.751. The van der Waals surface area contributed by atoms with Crippen molar-refractivity contribution < 1.29 is 23.8 Å². The zero-order chi connectivity index (χ0) is 22.1. The standard InChI is InChI=1S/C23H21ClN2O5/c1-3-4-8-26-19(13-6-5-7-25-12-13)18(21(28)23(26)29)20(27)16-10-14-9-15(24)11-17(30-2)22(14)31-16/h5-7,9-12,19,28H,3-4,8H2,1-2H3. The summed E-state index contributed by atoms with van der Waals surface area (Å²) in [6.07, 6.45) is 4.79. The summed E-state index contributed by atoms with van der Waals surface area (Å²) in [5, 5.41) is 11.7. The van der Waals surface area contributed by atoms with E-state index in [0.717, 1.165) is 12.8 Å². The molecule has 7 nitrogen and oxygen atoms in total. The van der Waals surface area contributed by atoms with E-state index in [0.29, 0.717) is 33.8 Å². The number of benzene rings is 1. The molecule has 0 radical (unpaired) electrons. The van der Waals surface area contributed by atoms with Crippen molar-refractivity contribution in [2.75, 3.05) is 13.7 Å². The molecule has 0 aliphatic carbocycles. The first-order valence-corrected chi connectivity index (χ1v) is 10.3. The van der Waals surface area contributed by atoms with Crippen LogP contribution in [0.1, 0.15) is 41.9 Å². The highest BCUT2D eigenvalue weighted by Gasteiger charge is 2.44. The first-order chi connectivity index (χ1) is 15.0. The summed E-state index contributed by atoms with van der Waals surface area (Å²) in [6, 6.07) is 7.52. The number of pyridine rings is 1. The molecule has 3 heterocycles. The number of amides is 1. The predicted molar refractivity (Wildman–Crippen MR) is 115 cm³/mol. The normalized spacial score (nSPS) is 16.4. The lowest BCUT2D eigenvalue weighted by Gasteiger charge is -2.26. The highest BCUT2D eigenvalue weighted by molar-refractivity contribution is 6.31. The number of carbonyl (C=O) groups is 2. The maximum Gasteiger partial charge on any atom is 0.290 e. The summed E-state index contributed by atoms with van der Waals surface area (Å²) in [7, 11) is 1.48. The number of aliphatic hydroxyl groups excluding tert-OH is 1. The van der Waals surface area contributed by atoms with E-state index in [1.54, 1.807) is 36.7 Å². The van der Waals surface area contributed by atoms with Crippen LogP contribution < -0.4 is 4.74 Å². The fourth-order valence-corrected chi connectivity index (χ4v) is 4.03. The summed E-state index contributed by atoms with van der Waals surface area (Å²) in [6.45, 7) is 2.41. The van der Waals surface area contributed by atoms with Gasteiger partial charge in [0.05, 0.1) is 18.7 Å². The molecule has 1 aliphatic rings. The Morgan fingerprint density at radius 3 is 2.84 bits per heavy atom. The Hall–Kier alpha value is -3.32. The molecular weight excluding hydrogens is 420 g/mol. The molecule has 1 N–H and O–H groups in total. The zero-order valence-corrected chi connectivity index (χ0v) is 17.8. The van der Waals surface area contributed by atoms with E-state index in [1.165, 1.54) is 18.1 Å². The number of rotatable bonds is 7. The van der Waals surface area contributed by atoms with Crippen molar-refractivity contribution in [3.63, 3.8) is 0 Å². The number of hydrogen-bond donors (Lipinski definition) is 1. The first kappa shape index (κ1) is 20.9. The number of halogens is 1. The molecule has 8 heteroatoms. The smallest absolute Gasteiger partial charge is 0.290 e. The molecule has 31 heavy (non-hydrogen) atoms. The van der Waals surface area contributed by atoms with Crippen LogP contribution in [0.3, 0.4) is 0 Å². The van der Waals surface area contributed by atoms with Crippen LogP contribution in [-0.2, 0) is 4.79 Å². The van der Waals surface area contributed by atoms with E-state index in [9.17, 15) is 14.7 Å². The van der Waals surface area contributed by atoms with Gasteiger partial charge in [0.2, 0.25) is 5.78 Å². The van der Waals surface area contributed by atoms with Crippen molar-refractivity contribution in [3.05, 3.63) is 70.4 Å². The van der Waals surface area contributed by atoms with Gasteiger partial charge in [-0.1, -0.05) is 31.0 Å². The Morgan fingerprint density at radius 1 is 1.35 bits per heavy atom. The van der Waals surface area contributed by atoms with E-state index in [1.807, 2.05) is 6.92 Å². The Labute approximate surface area is 183 Å². The lowest BCUT2D eigenvalue weighted by atomic mass is 9.96. The molecule has 1 amide bonds. The van der Waals surface area contributed by atoms with Gasteiger partial charge in [0.15, 0.2) is 22.9 Å². The van der Waals surface area contributed by atoms with Gasteiger partial charge < -0.3 is 19.2 Å². The van der Waals surface area contributed by atoms with Gasteiger partial charge in [-0.05, 0) is 30.2 Å². The summed E-state index contributed by atoms with van der Waals surface area (Å²) in [5.74, 6) is -1.36. The van der Waals surface area contributed by atoms with Gasteiger partial charge in [0.1, 0.15) is 0 Å². The van der Waals surface area contributed by atoms with Gasteiger partial charge >= 0.3 is 0 Å². The molecule has 1 aromatic carbocycles. The van der Waals surface area contributed by atoms with Crippen molar-refractivity contribution in [1.29, 1.82) is 0 Å². The van der Waals surface area contributed by atoms with Crippen molar-refractivity contribution in [3.8, 4) is 5.75 Å². The molecule has 1 atom stereocenters. The monoisotopic (exact) mass is 440 g/mol. The molecule has 0 spiro atoms. The number of Topliss-reactive ketones (excluding diaryl/α,β-unsaturated/α-hetero) is 1. The Bertz CT molecular complexity index is 1190. The second-order valence-electron chi connectivity index (χ2n) is 7.27. The van der Waals surface area contributed by atoms with Crippen molar-refractivity contribution >= 4 is 34.3 Å². The molecular formula is C23H21ClN2O5. The van der Waals surface area contributed by atoms with E-state index < -0.39 is 23.5 Å². The molecule has 3 aromatic rings. The van der Waals surface area contributed by atoms with Gasteiger partial charge in [0.25, 0.3) is 5.91 Å². The number of unbranched alkanes of at least 4 members (excludes halogenated alkanes) is 1. The Kier molecular flexibility index (Phi) is 5.69. The molecule has 160 valence electrons. The second-order valence-corrected chi connectivity index (χ2v) is 7.71. The average molecular weight is 441 g/mol. The Balaban J connectivity index is 1.81. The van der Waals surface area contributed by atoms with Crippen LogP contribution in [0.5, 0.6) is 5.75 Å². The number of furan rings is 1. The van der Waals surface area contributed by atoms with Gasteiger partial charge in [0, 0.05) is 35.4 Å². The first-order valence-electron chi connectivity index (χ1n) is 9.92. The number of aliphatic hydroxyl groups is 1. The number of ether oxygens (including phenoxy) is 1. The highest BCUT2D eigenvalue weighted by atomic mass is 35.5. The maximum absolute atomic E-state index is 13.5. The number of methoxy groups -OCH3 is 1. The molecule has 4 rings (SSSR count). The molecule has 0 saturated heterocycles. The number of fused-ring (bicyclic) bond motifs is 1. The molecule has 0 bridgehead atoms. The summed E-state index contributed by atoms with van der Waals surface area (Å²) < 4.78 is 11.1. The zero-order valence-electron chi connectivity index (χ0n) is 17.1. The van der Waals surface area contributed by atoms with Crippen LogP contribution in [0.2, 0.25) is 5.02 Å². The minimum Gasteiger partial charge on any atom is -0.503 e. The van der Waals surface area contributed by atoms with Crippen LogP contribution in [-0.4, -0.2) is 40.3 Å². The fraction of sp³-hybridized carbons (Fsp3) is 0.261. The van der Waals surface area contributed by atoms with Crippen LogP contribution in [0, 0.1) is 0 Å². The van der Waals surface area contributed by atoms with Gasteiger partial charge in [-0.15, -0.1) is 0 Å². The second kappa shape index (κ2) is 8.43. The molecule has 2 aromatic heterocycles. The van der Waals surface area contributed by atoms with Crippen molar-refractivity contribution in [2.45, 2.75) is 25.8 Å². The number of ketones is 1. The topological polar surface area (TPSA) is 92.9 Å². The molecule has 1 unspecified atom stereocenters. The lowest BCUT2D eigenvalue weighted by molar-refractivity contribution is -0.129. The summed E-state index contributed by atoms with van der Waals surface area (Å²) in [4.78, 5) is 31.9. The van der Waals surface area contributed by atoms with E-state index in [2.05, 4.69) is 4.98 Å². The molecule has 1 aliphatic heterocycles. The van der Waals surface area contributed by atoms with E-state index >= 15 is 0 Å². The highest BCUT2D eigenvalue weighted by Crippen LogP contribution is 2.40. The summed E-state index contributed by atoms with van der Waals surface area (Å²) in [5.41, 5.74) is 0.967. The van der Waals surface area contributed by atoms with Crippen LogP contribution in [0.15, 0.2) is 58.5 Å². The van der Waals surface area contributed by atoms with Crippen LogP contribution in [0.25, 0.3) is 11.0 Å². The molecule has 0 fully saturated rings.